The van der Waals surface area contributed by atoms with Crippen molar-refractivity contribution in [1.29, 1.82) is 0 Å². The molecule has 0 amide bonds. The Morgan fingerprint density at radius 1 is 1.19 bits per heavy atom. The number of aryl methyl sites for hydroxylation is 1. The van der Waals surface area contributed by atoms with Crippen molar-refractivity contribution in [3.8, 4) is 0 Å². The van der Waals surface area contributed by atoms with E-state index in [1.54, 1.807) is 6.92 Å². The zero-order valence-corrected chi connectivity index (χ0v) is 11.8. The van der Waals surface area contributed by atoms with Crippen LogP contribution in [-0.4, -0.2) is 19.5 Å². The fourth-order valence-electron chi connectivity index (χ4n) is 1.67. The van der Waals surface area contributed by atoms with Gasteiger partial charge in [0, 0.05) is 0 Å². The van der Waals surface area contributed by atoms with Crippen molar-refractivity contribution in [1.82, 2.24) is 0 Å². The first-order chi connectivity index (χ1) is 9.79. The van der Waals surface area contributed by atoms with Crippen molar-refractivity contribution >= 4 is 21.7 Å². The van der Waals surface area contributed by atoms with Crippen LogP contribution >= 0.6 is 0 Å². The third-order valence-corrected chi connectivity index (χ3v) is 4.19. The number of benzene rings is 2. The summed E-state index contributed by atoms with van der Waals surface area (Å²) in [6.45, 7) is 1.56. The van der Waals surface area contributed by atoms with Crippen LogP contribution in [0.2, 0.25) is 0 Å². The summed E-state index contributed by atoms with van der Waals surface area (Å²) in [4.78, 5) is 10.7. The highest BCUT2D eigenvalue weighted by molar-refractivity contribution is 7.92. The second-order valence-electron chi connectivity index (χ2n) is 4.40. The monoisotopic (exact) mass is 309 g/mol. The van der Waals surface area contributed by atoms with Gasteiger partial charge in [0.05, 0.1) is 16.1 Å². The standard InChI is InChI=1S/C14H12FNO4S/c1-9-5-6-11(8-13(9)15)16-21(19,20)12-4-2-3-10(7-12)14(17)18/h2-8,16H,1H3,(H,17,18). The lowest BCUT2D eigenvalue weighted by Gasteiger charge is -2.09. The largest absolute Gasteiger partial charge is 0.478 e. The molecule has 5 nitrogen and oxygen atoms in total. The van der Waals surface area contributed by atoms with Crippen LogP contribution in [0.3, 0.4) is 0 Å². The Labute approximate surface area is 121 Å². The Balaban J connectivity index is 2.36. The van der Waals surface area contributed by atoms with Gasteiger partial charge in [0.2, 0.25) is 0 Å². The average molecular weight is 309 g/mol. The summed E-state index contributed by atoms with van der Waals surface area (Å²) in [5.74, 6) is -1.76. The number of aromatic carboxylic acids is 1. The molecular formula is C14H12FNO4S. The Kier molecular flexibility index (Phi) is 3.95. The highest BCUT2D eigenvalue weighted by atomic mass is 32.2. The first-order valence-corrected chi connectivity index (χ1v) is 7.40. The number of halogens is 1. The Morgan fingerprint density at radius 2 is 1.90 bits per heavy atom. The summed E-state index contributed by atoms with van der Waals surface area (Å²) in [6.07, 6.45) is 0. The number of nitrogens with one attached hydrogen (secondary N) is 1. The van der Waals surface area contributed by atoms with E-state index >= 15 is 0 Å². The van der Waals surface area contributed by atoms with Crippen LogP contribution in [0.25, 0.3) is 0 Å². The number of sulfonamides is 1. The molecule has 0 aliphatic carbocycles. The molecule has 0 aliphatic rings. The third kappa shape index (κ3) is 3.38. The van der Waals surface area contributed by atoms with E-state index in [0.717, 1.165) is 12.1 Å². The quantitative estimate of drug-likeness (QED) is 0.909. The van der Waals surface area contributed by atoms with Gasteiger partial charge in [-0.25, -0.2) is 17.6 Å². The van der Waals surface area contributed by atoms with Gasteiger partial charge in [-0.15, -0.1) is 0 Å². The third-order valence-electron chi connectivity index (χ3n) is 2.82. The first-order valence-electron chi connectivity index (χ1n) is 5.92. The predicted molar refractivity (Wildman–Crippen MR) is 75.3 cm³/mol. The van der Waals surface area contributed by atoms with Crippen LogP contribution in [0.1, 0.15) is 15.9 Å². The van der Waals surface area contributed by atoms with Gasteiger partial charge in [0.1, 0.15) is 5.82 Å². The minimum absolute atomic E-state index is 0.0684. The fourth-order valence-corrected chi connectivity index (χ4v) is 2.76. The van der Waals surface area contributed by atoms with Gasteiger partial charge < -0.3 is 5.11 Å². The molecule has 2 aromatic rings. The van der Waals surface area contributed by atoms with E-state index in [4.69, 9.17) is 5.11 Å². The minimum atomic E-state index is -3.98. The van der Waals surface area contributed by atoms with Crippen molar-refractivity contribution in [2.45, 2.75) is 11.8 Å². The highest BCUT2D eigenvalue weighted by Gasteiger charge is 2.16. The number of rotatable bonds is 4. The predicted octanol–water partition coefficient (Wildman–Crippen LogP) is 2.63. The van der Waals surface area contributed by atoms with Crippen LogP contribution in [0, 0.1) is 12.7 Å². The second kappa shape index (κ2) is 5.53. The topological polar surface area (TPSA) is 83.5 Å². The molecule has 0 fully saturated rings. The van der Waals surface area contributed by atoms with Crippen molar-refractivity contribution in [2.75, 3.05) is 4.72 Å². The Morgan fingerprint density at radius 3 is 2.52 bits per heavy atom. The van der Waals surface area contributed by atoms with Crippen molar-refractivity contribution in [3.05, 3.63) is 59.4 Å². The lowest BCUT2D eigenvalue weighted by Crippen LogP contribution is -2.14. The number of anilines is 1. The lowest BCUT2D eigenvalue weighted by molar-refractivity contribution is 0.0696. The van der Waals surface area contributed by atoms with E-state index in [1.807, 2.05) is 0 Å². The summed E-state index contributed by atoms with van der Waals surface area (Å²) in [5, 5.41) is 8.87. The molecule has 0 saturated carbocycles. The van der Waals surface area contributed by atoms with Crippen LogP contribution in [-0.2, 0) is 10.0 Å². The van der Waals surface area contributed by atoms with Crippen molar-refractivity contribution in [3.63, 3.8) is 0 Å². The fraction of sp³-hybridized carbons (Fsp3) is 0.0714. The molecule has 2 N–H and O–H groups in total. The molecule has 7 heteroatoms. The molecule has 0 bridgehead atoms. The van der Waals surface area contributed by atoms with Gasteiger partial charge in [-0.3, -0.25) is 4.72 Å². The maximum atomic E-state index is 13.4. The highest BCUT2D eigenvalue weighted by Crippen LogP contribution is 2.19. The van der Waals surface area contributed by atoms with Gasteiger partial charge in [-0.05, 0) is 42.8 Å². The molecule has 0 spiro atoms. The number of carboxylic acids is 1. The molecular weight excluding hydrogens is 297 g/mol. The summed E-state index contributed by atoms with van der Waals surface area (Å²) in [6, 6.07) is 8.85. The molecule has 110 valence electrons. The Bertz CT molecular complexity index is 802. The van der Waals surface area contributed by atoms with Gasteiger partial charge >= 0.3 is 5.97 Å². The molecule has 21 heavy (non-hydrogen) atoms. The maximum absolute atomic E-state index is 13.4. The normalized spacial score (nSPS) is 11.1. The maximum Gasteiger partial charge on any atom is 0.335 e. The summed E-state index contributed by atoms with van der Waals surface area (Å²) < 4.78 is 39.9. The smallest absolute Gasteiger partial charge is 0.335 e. The molecule has 2 rings (SSSR count). The van der Waals surface area contributed by atoms with Gasteiger partial charge in [-0.2, -0.15) is 0 Å². The molecule has 0 saturated heterocycles. The number of hydrogen-bond acceptors (Lipinski definition) is 3. The molecule has 0 heterocycles. The van der Waals surface area contributed by atoms with E-state index < -0.39 is 21.8 Å². The number of carbonyl (C=O) groups is 1. The minimum Gasteiger partial charge on any atom is -0.478 e. The van der Waals surface area contributed by atoms with Gasteiger partial charge in [0.25, 0.3) is 10.0 Å². The van der Waals surface area contributed by atoms with Crippen molar-refractivity contribution in [2.24, 2.45) is 0 Å². The number of hydrogen-bond donors (Lipinski definition) is 2. The molecule has 0 aliphatic heterocycles. The van der Waals surface area contributed by atoms with Gasteiger partial charge in [0.15, 0.2) is 0 Å². The molecule has 2 aromatic carbocycles. The molecule has 0 unspecified atom stereocenters. The van der Waals surface area contributed by atoms with E-state index in [9.17, 15) is 17.6 Å². The summed E-state index contributed by atoms with van der Waals surface area (Å²) >= 11 is 0. The Hall–Kier alpha value is -2.41. The lowest BCUT2D eigenvalue weighted by atomic mass is 10.2. The zero-order valence-electron chi connectivity index (χ0n) is 11.0. The zero-order chi connectivity index (χ0) is 15.6. The first kappa shape index (κ1) is 15.0. The van der Waals surface area contributed by atoms with E-state index in [1.165, 1.54) is 30.3 Å². The number of carboxylic acid groups (broad SMARTS) is 1. The van der Waals surface area contributed by atoms with Crippen LogP contribution in [0.4, 0.5) is 10.1 Å². The van der Waals surface area contributed by atoms with E-state index in [2.05, 4.69) is 4.72 Å². The summed E-state index contributed by atoms with van der Waals surface area (Å²) in [7, 11) is -3.98. The second-order valence-corrected chi connectivity index (χ2v) is 6.08. The molecule has 0 radical (unpaired) electrons. The van der Waals surface area contributed by atoms with Crippen molar-refractivity contribution < 1.29 is 22.7 Å². The SMILES string of the molecule is Cc1ccc(NS(=O)(=O)c2cccc(C(=O)O)c2)cc1F. The average Bonchev–Trinajstić information content (AvgIpc) is 2.43. The van der Waals surface area contributed by atoms with Crippen LogP contribution < -0.4 is 4.72 Å². The summed E-state index contributed by atoms with van der Waals surface area (Å²) in [5.41, 5.74) is 0.317. The van der Waals surface area contributed by atoms with Crippen LogP contribution in [0.15, 0.2) is 47.4 Å². The van der Waals surface area contributed by atoms with Crippen LogP contribution in [0.5, 0.6) is 0 Å². The molecule has 0 aromatic heterocycles. The van der Waals surface area contributed by atoms with E-state index in [-0.39, 0.29) is 16.1 Å². The van der Waals surface area contributed by atoms with E-state index in [0.29, 0.717) is 5.56 Å². The van der Waals surface area contributed by atoms with Gasteiger partial charge in [-0.1, -0.05) is 12.1 Å². The molecule has 0 atom stereocenters.